The molecule has 1 fully saturated rings. The van der Waals surface area contributed by atoms with E-state index in [-0.39, 0.29) is 23.8 Å². The molecule has 2 amide bonds. The topological polar surface area (TPSA) is 91.3 Å². The second-order valence-corrected chi connectivity index (χ2v) is 6.75. The van der Waals surface area contributed by atoms with Crippen molar-refractivity contribution in [1.82, 2.24) is 15.6 Å². The molecule has 0 aliphatic heterocycles. The highest BCUT2D eigenvalue weighted by Crippen LogP contribution is 2.25. The number of carbonyl (C=O) groups excluding carboxylic acids is 1. The molecule has 3 rings (SSSR count). The summed E-state index contributed by atoms with van der Waals surface area (Å²) in [6.45, 7) is 0. The fraction of sp³-hybridized carbons (Fsp3) is 0.350. The quantitative estimate of drug-likeness (QED) is 0.752. The Balaban J connectivity index is 1.67. The molecule has 7 heteroatoms. The van der Waals surface area contributed by atoms with Gasteiger partial charge in [-0.2, -0.15) is 0 Å². The minimum atomic E-state index is -0.778. The highest BCUT2D eigenvalue weighted by Gasteiger charge is 2.27. The minimum absolute atomic E-state index is 0.0718. The monoisotopic (exact) mass is 371 g/mol. The number of hydrogen-bond acceptors (Lipinski definition) is 3. The Morgan fingerprint density at radius 3 is 2.52 bits per heavy atom. The zero-order valence-corrected chi connectivity index (χ0v) is 14.8. The molecule has 27 heavy (non-hydrogen) atoms. The third kappa shape index (κ3) is 5.03. The number of pyridine rings is 1. The Morgan fingerprint density at radius 1 is 1.11 bits per heavy atom. The number of carboxylic acids is 1. The Morgan fingerprint density at radius 2 is 1.89 bits per heavy atom. The summed E-state index contributed by atoms with van der Waals surface area (Å²) in [5, 5.41) is 14.8. The molecule has 1 atom stereocenters. The van der Waals surface area contributed by atoms with Gasteiger partial charge in [0.15, 0.2) is 0 Å². The van der Waals surface area contributed by atoms with Crippen LogP contribution in [0.15, 0.2) is 48.7 Å². The van der Waals surface area contributed by atoms with E-state index in [9.17, 15) is 14.0 Å². The van der Waals surface area contributed by atoms with Crippen molar-refractivity contribution in [2.75, 3.05) is 0 Å². The number of carbonyl (C=O) groups is 2. The predicted molar refractivity (Wildman–Crippen MR) is 97.5 cm³/mol. The molecule has 1 aromatic carbocycles. The van der Waals surface area contributed by atoms with E-state index >= 15 is 0 Å². The Hall–Kier alpha value is -2.96. The SMILES string of the molecule is O=C(NC1CCC(C(=O)O)CC1)NC(c1cccc(F)c1)c1ccccn1. The smallest absolute Gasteiger partial charge is 0.315 e. The van der Waals surface area contributed by atoms with Crippen LogP contribution < -0.4 is 10.6 Å². The summed E-state index contributed by atoms with van der Waals surface area (Å²) in [7, 11) is 0. The third-order valence-corrected chi connectivity index (χ3v) is 4.85. The van der Waals surface area contributed by atoms with Gasteiger partial charge in [-0.05, 0) is 55.5 Å². The van der Waals surface area contributed by atoms with Crippen LogP contribution in [0, 0.1) is 11.7 Å². The largest absolute Gasteiger partial charge is 0.481 e. The molecule has 0 bridgehead atoms. The van der Waals surface area contributed by atoms with Gasteiger partial charge in [0, 0.05) is 12.2 Å². The van der Waals surface area contributed by atoms with Crippen LogP contribution in [0.4, 0.5) is 9.18 Å². The molecule has 6 nitrogen and oxygen atoms in total. The Labute approximate surface area is 156 Å². The molecule has 1 aliphatic carbocycles. The van der Waals surface area contributed by atoms with Gasteiger partial charge >= 0.3 is 12.0 Å². The first-order valence-electron chi connectivity index (χ1n) is 8.99. The fourth-order valence-electron chi connectivity index (χ4n) is 3.40. The number of carboxylic acid groups (broad SMARTS) is 1. The van der Waals surface area contributed by atoms with E-state index < -0.39 is 12.0 Å². The van der Waals surface area contributed by atoms with E-state index in [1.54, 1.807) is 36.5 Å². The van der Waals surface area contributed by atoms with Crippen LogP contribution in [0.5, 0.6) is 0 Å². The lowest BCUT2D eigenvalue weighted by Gasteiger charge is -2.28. The summed E-state index contributed by atoms with van der Waals surface area (Å²) < 4.78 is 13.7. The number of nitrogens with zero attached hydrogens (tertiary/aromatic N) is 1. The molecule has 1 aliphatic rings. The molecule has 142 valence electrons. The summed E-state index contributed by atoms with van der Waals surface area (Å²) >= 11 is 0. The van der Waals surface area contributed by atoms with Gasteiger partial charge in [0.2, 0.25) is 0 Å². The molecular formula is C20H22FN3O3. The van der Waals surface area contributed by atoms with Gasteiger partial charge < -0.3 is 15.7 Å². The van der Waals surface area contributed by atoms with E-state index in [1.807, 2.05) is 0 Å². The second kappa shape index (κ2) is 8.62. The van der Waals surface area contributed by atoms with Crippen molar-refractivity contribution >= 4 is 12.0 Å². The van der Waals surface area contributed by atoms with Crippen molar-refractivity contribution in [3.8, 4) is 0 Å². The number of halogens is 1. The molecule has 1 aromatic heterocycles. The van der Waals surface area contributed by atoms with E-state index in [1.165, 1.54) is 12.1 Å². The number of aromatic nitrogens is 1. The van der Waals surface area contributed by atoms with E-state index in [2.05, 4.69) is 15.6 Å². The number of nitrogens with one attached hydrogen (secondary N) is 2. The van der Waals surface area contributed by atoms with Crippen molar-refractivity contribution in [2.45, 2.75) is 37.8 Å². The van der Waals surface area contributed by atoms with Crippen LogP contribution in [0.1, 0.15) is 43.0 Å². The van der Waals surface area contributed by atoms with Crippen LogP contribution in [0.25, 0.3) is 0 Å². The van der Waals surface area contributed by atoms with E-state index in [0.29, 0.717) is 36.9 Å². The van der Waals surface area contributed by atoms with Crippen LogP contribution >= 0.6 is 0 Å². The number of urea groups is 1. The summed E-state index contributed by atoms with van der Waals surface area (Å²) in [5.74, 6) is -1.50. The molecule has 0 radical (unpaired) electrons. The predicted octanol–water partition coefficient (Wildman–Crippen LogP) is 3.25. The number of benzene rings is 1. The first-order valence-corrected chi connectivity index (χ1v) is 8.99. The summed E-state index contributed by atoms with van der Waals surface area (Å²) in [6.07, 6.45) is 3.97. The summed E-state index contributed by atoms with van der Waals surface area (Å²) in [4.78, 5) is 27.8. The lowest BCUT2D eigenvalue weighted by molar-refractivity contribution is -0.142. The van der Waals surface area contributed by atoms with Gasteiger partial charge in [-0.1, -0.05) is 18.2 Å². The molecular weight excluding hydrogens is 349 g/mol. The van der Waals surface area contributed by atoms with Crippen LogP contribution in [0.3, 0.4) is 0 Å². The molecule has 1 heterocycles. The summed E-state index contributed by atoms with van der Waals surface area (Å²) in [5.41, 5.74) is 1.20. The van der Waals surface area contributed by atoms with Gasteiger partial charge in [0.05, 0.1) is 17.7 Å². The summed E-state index contributed by atoms with van der Waals surface area (Å²) in [6, 6.07) is 10.4. The van der Waals surface area contributed by atoms with Crippen molar-refractivity contribution < 1.29 is 19.1 Å². The first kappa shape index (κ1) is 18.8. The second-order valence-electron chi connectivity index (χ2n) is 6.75. The number of aliphatic carboxylic acids is 1. The van der Waals surface area contributed by atoms with Crippen molar-refractivity contribution in [3.05, 3.63) is 65.7 Å². The van der Waals surface area contributed by atoms with Gasteiger partial charge in [-0.15, -0.1) is 0 Å². The average molecular weight is 371 g/mol. The third-order valence-electron chi connectivity index (χ3n) is 4.85. The standard InChI is InChI=1S/C20H22FN3O3/c21-15-5-3-4-14(12-15)18(17-6-1-2-11-22-17)24-20(27)23-16-9-7-13(8-10-16)19(25)26/h1-6,11-13,16,18H,7-10H2,(H,25,26)(H2,23,24,27). The maximum atomic E-state index is 13.7. The molecule has 2 aromatic rings. The van der Waals surface area contributed by atoms with E-state index in [0.717, 1.165) is 0 Å². The van der Waals surface area contributed by atoms with Crippen LogP contribution in [-0.2, 0) is 4.79 Å². The zero-order chi connectivity index (χ0) is 19.2. The van der Waals surface area contributed by atoms with E-state index in [4.69, 9.17) is 5.11 Å². The van der Waals surface area contributed by atoms with Crippen molar-refractivity contribution in [1.29, 1.82) is 0 Å². The van der Waals surface area contributed by atoms with Crippen LogP contribution in [0.2, 0.25) is 0 Å². The molecule has 0 saturated heterocycles. The van der Waals surface area contributed by atoms with Crippen molar-refractivity contribution in [3.63, 3.8) is 0 Å². The highest BCUT2D eigenvalue weighted by atomic mass is 19.1. The Kier molecular flexibility index (Phi) is 6.01. The molecule has 3 N–H and O–H groups in total. The first-order chi connectivity index (χ1) is 13.0. The normalized spacial score (nSPS) is 20.5. The number of hydrogen-bond donors (Lipinski definition) is 3. The minimum Gasteiger partial charge on any atom is -0.481 e. The average Bonchev–Trinajstić information content (AvgIpc) is 2.67. The molecule has 1 saturated carbocycles. The van der Waals surface area contributed by atoms with Crippen molar-refractivity contribution in [2.24, 2.45) is 5.92 Å². The number of rotatable bonds is 5. The lowest BCUT2D eigenvalue weighted by atomic mass is 9.86. The molecule has 1 unspecified atom stereocenters. The fourth-order valence-corrected chi connectivity index (χ4v) is 3.40. The van der Waals surface area contributed by atoms with Gasteiger partial charge in [0.1, 0.15) is 5.82 Å². The maximum absolute atomic E-state index is 13.7. The highest BCUT2D eigenvalue weighted by molar-refractivity contribution is 5.75. The number of amides is 2. The van der Waals surface area contributed by atoms with Gasteiger partial charge in [-0.25, -0.2) is 9.18 Å². The Bertz CT molecular complexity index is 792. The van der Waals surface area contributed by atoms with Gasteiger partial charge in [-0.3, -0.25) is 9.78 Å². The van der Waals surface area contributed by atoms with Gasteiger partial charge in [0.25, 0.3) is 0 Å². The maximum Gasteiger partial charge on any atom is 0.315 e. The molecule has 0 spiro atoms. The lowest BCUT2D eigenvalue weighted by Crippen LogP contribution is -2.45. The van der Waals surface area contributed by atoms with Crippen LogP contribution in [-0.4, -0.2) is 28.1 Å². The zero-order valence-electron chi connectivity index (χ0n) is 14.8.